The number of aliphatic hydroxyl groups excluding tert-OH is 1. The zero-order chi connectivity index (χ0) is 26.4. The highest BCUT2D eigenvalue weighted by atomic mass is 32.2. The molecule has 1 atom stereocenters. The molecule has 0 amide bonds. The average Bonchev–Trinajstić information content (AvgIpc) is 2.87. The minimum atomic E-state index is -0.631. The number of carbonyl (C=O) groups is 1. The highest BCUT2D eigenvalue weighted by molar-refractivity contribution is 8.23. The monoisotopic (exact) mass is 694 g/mol. The lowest BCUT2D eigenvalue weighted by molar-refractivity contribution is -0.289. The van der Waals surface area contributed by atoms with Gasteiger partial charge < -0.3 is 9.66 Å². The SMILES string of the molecule is CCC[S+]([O-])CCSCSCSCCSC(=O)CCSCSCSCCCOOCCSCSCO. The van der Waals surface area contributed by atoms with Crippen LogP contribution < -0.4 is 0 Å². The molecule has 0 aromatic rings. The largest absolute Gasteiger partial charge is 0.616 e. The predicted molar refractivity (Wildman–Crippen MR) is 183 cm³/mol. The number of thioether (sulfide) groups is 9. The Morgan fingerprint density at radius 2 is 1.33 bits per heavy atom. The van der Waals surface area contributed by atoms with Crippen molar-refractivity contribution in [3.8, 4) is 0 Å². The molecule has 1 N–H and O–H groups in total. The second-order valence-electron chi connectivity index (χ2n) is 6.69. The van der Waals surface area contributed by atoms with E-state index in [0.717, 1.165) is 84.3 Å². The van der Waals surface area contributed by atoms with Gasteiger partial charge in [-0.3, -0.25) is 4.79 Å². The van der Waals surface area contributed by atoms with Crippen molar-refractivity contribution in [2.75, 3.05) is 90.6 Å². The van der Waals surface area contributed by atoms with Gasteiger partial charge >= 0.3 is 0 Å². The van der Waals surface area contributed by atoms with E-state index in [1.165, 1.54) is 23.5 Å². The first kappa shape index (κ1) is 39.0. The van der Waals surface area contributed by atoms with Crippen molar-refractivity contribution in [2.45, 2.75) is 26.2 Å². The molecule has 5 nitrogen and oxygen atoms in total. The van der Waals surface area contributed by atoms with Gasteiger partial charge in [0.2, 0.25) is 0 Å². The lowest BCUT2D eigenvalue weighted by Crippen LogP contribution is -2.12. The lowest BCUT2D eigenvalue weighted by Gasteiger charge is -2.09. The third-order valence-electron chi connectivity index (χ3n) is 3.66. The summed E-state index contributed by atoms with van der Waals surface area (Å²) < 4.78 is 11.6. The summed E-state index contributed by atoms with van der Waals surface area (Å²) in [6.07, 6.45) is 2.65. The fourth-order valence-corrected chi connectivity index (χ4v) is 13.0. The van der Waals surface area contributed by atoms with Crippen LogP contribution in [0.1, 0.15) is 26.2 Å². The van der Waals surface area contributed by atoms with E-state index in [1.807, 2.05) is 70.6 Å². The maximum atomic E-state index is 12.0. The van der Waals surface area contributed by atoms with Crippen molar-refractivity contribution in [3.05, 3.63) is 0 Å². The van der Waals surface area contributed by atoms with Crippen LogP contribution in [-0.4, -0.2) is 105 Å². The van der Waals surface area contributed by atoms with Gasteiger partial charge in [0.25, 0.3) is 0 Å². The van der Waals surface area contributed by atoms with E-state index in [0.29, 0.717) is 24.7 Å². The predicted octanol–water partition coefficient (Wildman–Crippen LogP) is 6.74. The number of carbonyl (C=O) groups excluding carboxylic acids is 1. The van der Waals surface area contributed by atoms with Crippen LogP contribution in [0.2, 0.25) is 0 Å². The van der Waals surface area contributed by atoms with Crippen molar-refractivity contribution in [1.29, 1.82) is 0 Å². The van der Waals surface area contributed by atoms with E-state index in [1.54, 1.807) is 11.8 Å². The molecule has 216 valence electrons. The Hall–Kier alpha value is 3.01. The first-order valence-electron chi connectivity index (χ1n) is 11.7. The zero-order valence-electron chi connectivity index (χ0n) is 21.1. The highest BCUT2D eigenvalue weighted by Gasteiger charge is 2.05. The molecule has 1 unspecified atom stereocenters. The maximum absolute atomic E-state index is 12.0. The molecule has 0 heterocycles. The van der Waals surface area contributed by atoms with Crippen molar-refractivity contribution in [2.24, 2.45) is 0 Å². The van der Waals surface area contributed by atoms with E-state index in [9.17, 15) is 9.35 Å². The van der Waals surface area contributed by atoms with Gasteiger partial charge in [0.1, 0.15) is 11.5 Å². The molecule has 0 radical (unpaired) electrons. The molecule has 0 saturated heterocycles. The summed E-state index contributed by atoms with van der Waals surface area (Å²) in [6, 6.07) is 0. The van der Waals surface area contributed by atoms with Gasteiger partial charge in [-0.2, -0.15) is 35.3 Å². The quantitative estimate of drug-likeness (QED) is 0.0284. The van der Waals surface area contributed by atoms with E-state index in [4.69, 9.17) is 14.9 Å². The molecule has 0 aliphatic carbocycles. The molecule has 0 fully saturated rings. The van der Waals surface area contributed by atoms with Crippen LogP contribution in [0.4, 0.5) is 0 Å². The fraction of sp³-hybridized carbons (Fsp3) is 0.952. The number of hydrogen-bond donors (Lipinski definition) is 1. The summed E-state index contributed by atoms with van der Waals surface area (Å²) in [5.74, 6) is 7.59. The molecule has 0 aliphatic rings. The topological polar surface area (TPSA) is 78.8 Å². The molecule has 0 aromatic carbocycles. The van der Waals surface area contributed by atoms with Crippen molar-refractivity contribution < 1.29 is 24.2 Å². The Morgan fingerprint density at radius 3 is 2.06 bits per heavy atom. The van der Waals surface area contributed by atoms with Gasteiger partial charge in [-0.25, -0.2) is 9.78 Å². The highest BCUT2D eigenvalue weighted by Crippen LogP contribution is 2.21. The summed E-state index contributed by atoms with van der Waals surface area (Å²) in [5, 5.41) is 14.1. The van der Waals surface area contributed by atoms with Crippen LogP contribution in [-0.2, 0) is 25.7 Å². The number of aliphatic hydroxyl groups is 1. The first-order chi connectivity index (χ1) is 17.7. The van der Waals surface area contributed by atoms with Crippen LogP contribution >= 0.6 is 106 Å². The lowest BCUT2D eigenvalue weighted by atomic mass is 10.5. The normalized spacial score (nSPS) is 12.3. The van der Waals surface area contributed by atoms with Crippen LogP contribution in [0.3, 0.4) is 0 Å². The second kappa shape index (κ2) is 34.2. The summed E-state index contributed by atoms with van der Waals surface area (Å²) in [4.78, 5) is 22.3. The molecule has 0 rings (SSSR count). The van der Waals surface area contributed by atoms with Gasteiger partial charge in [-0.15, -0.1) is 58.8 Å². The van der Waals surface area contributed by atoms with E-state index < -0.39 is 11.2 Å². The Balaban J connectivity index is 3.17. The Bertz CT molecular complexity index is 457. The van der Waals surface area contributed by atoms with Crippen LogP contribution in [0, 0.1) is 0 Å². The molecule has 15 heteroatoms. The van der Waals surface area contributed by atoms with Gasteiger partial charge in [0.15, 0.2) is 5.12 Å². The molecule has 0 saturated carbocycles. The third-order valence-corrected chi connectivity index (χ3v) is 16.0. The summed E-state index contributed by atoms with van der Waals surface area (Å²) in [7, 11) is 0. The van der Waals surface area contributed by atoms with E-state index >= 15 is 0 Å². The number of hydrogen-bond acceptors (Lipinski definition) is 14. The van der Waals surface area contributed by atoms with Gasteiger partial charge in [0, 0.05) is 60.6 Å². The average molecular weight is 695 g/mol. The maximum Gasteiger partial charge on any atom is 0.189 e. The molecule has 36 heavy (non-hydrogen) atoms. The second-order valence-corrected chi connectivity index (χ2v) is 19.8. The molecule has 0 aromatic heterocycles. The molecule has 0 spiro atoms. The van der Waals surface area contributed by atoms with Gasteiger partial charge in [-0.1, -0.05) is 29.9 Å². The van der Waals surface area contributed by atoms with E-state index in [-0.39, 0.29) is 5.94 Å². The molecule has 0 bridgehead atoms. The summed E-state index contributed by atoms with van der Waals surface area (Å²) in [6.45, 7) is 3.29. The van der Waals surface area contributed by atoms with Crippen LogP contribution in [0.25, 0.3) is 0 Å². The minimum absolute atomic E-state index is 0.171. The van der Waals surface area contributed by atoms with Gasteiger partial charge in [0.05, 0.1) is 19.2 Å². The summed E-state index contributed by atoms with van der Waals surface area (Å²) >= 11 is 15.5. The third kappa shape index (κ3) is 33.2. The molecular weight excluding hydrogens is 653 g/mol. The van der Waals surface area contributed by atoms with Crippen LogP contribution in [0.5, 0.6) is 0 Å². The van der Waals surface area contributed by atoms with Crippen LogP contribution in [0.15, 0.2) is 0 Å². The van der Waals surface area contributed by atoms with Gasteiger partial charge in [-0.05, 0) is 18.6 Å². The van der Waals surface area contributed by atoms with Crippen molar-refractivity contribution in [3.63, 3.8) is 0 Å². The van der Waals surface area contributed by atoms with Crippen molar-refractivity contribution >= 4 is 122 Å². The number of rotatable bonds is 30. The molecule has 0 aliphatic heterocycles. The standard InChI is InChI=1S/C21H42O5S10/c1-2-13-36(24)14-12-31-20-34-19-30-10-11-35-21(23)4-8-28-18-33-17-27-7-3-5-25-26-6-9-29-16-32-15-22/h22H,2-20H2,1H3. The summed E-state index contributed by atoms with van der Waals surface area (Å²) in [5.41, 5.74) is 0. The Morgan fingerprint density at radius 1 is 0.722 bits per heavy atom. The fourth-order valence-electron chi connectivity index (χ4n) is 2.05. The molecular formula is C21H42O5S10. The van der Waals surface area contributed by atoms with E-state index in [2.05, 4.69) is 6.92 Å². The Kier molecular flexibility index (Phi) is 37.1. The van der Waals surface area contributed by atoms with Crippen molar-refractivity contribution in [1.82, 2.24) is 0 Å². The zero-order valence-corrected chi connectivity index (χ0v) is 29.3. The Labute approximate surface area is 260 Å². The minimum Gasteiger partial charge on any atom is -0.616 e. The first-order valence-corrected chi connectivity index (χ1v) is 23.4. The smallest absolute Gasteiger partial charge is 0.189 e.